The number of carbonyl (C=O) groups excluding carboxylic acids is 2. The highest BCUT2D eigenvalue weighted by atomic mass is 16.2. The Morgan fingerprint density at radius 2 is 1.57 bits per heavy atom. The van der Waals surface area contributed by atoms with Gasteiger partial charge >= 0.3 is 0 Å². The quantitative estimate of drug-likeness (QED) is 0.883. The molecule has 0 unspecified atom stereocenters. The lowest BCUT2D eigenvalue weighted by Crippen LogP contribution is -2.32. The average Bonchev–Trinajstić information content (AvgIpc) is 2.55. The molecule has 0 fully saturated rings. The van der Waals surface area contributed by atoms with Crippen LogP contribution in [0.25, 0.3) is 0 Å². The van der Waals surface area contributed by atoms with Gasteiger partial charge in [0, 0.05) is 11.6 Å². The third kappa shape index (κ3) is 4.19. The summed E-state index contributed by atoms with van der Waals surface area (Å²) in [4.78, 5) is 24.8. The predicted molar refractivity (Wildman–Crippen MR) is 92.8 cm³/mol. The number of para-hydroxylation sites is 1. The number of anilines is 1. The Kier molecular flexibility index (Phi) is 5.52. The van der Waals surface area contributed by atoms with E-state index < -0.39 is 0 Å². The van der Waals surface area contributed by atoms with E-state index >= 15 is 0 Å². The molecule has 1 atom stereocenters. The van der Waals surface area contributed by atoms with Gasteiger partial charge in [0.25, 0.3) is 11.8 Å². The molecule has 2 amide bonds. The van der Waals surface area contributed by atoms with Gasteiger partial charge in [0.2, 0.25) is 0 Å². The Labute approximate surface area is 136 Å². The van der Waals surface area contributed by atoms with E-state index in [1.165, 1.54) is 0 Å². The van der Waals surface area contributed by atoms with E-state index in [4.69, 9.17) is 0 Å². The van der Waals surface area contributed by atoms with E-state index in [0.29, 0.717) is 16.8 Å². The number of amides is 2. The van der Waals surface area contributed by atoms with E-state index in [2.05, 4.69) is 10.6 Å². The van der Waals surface area contributed by atoms with Gasteiger partial charge in [-0.1, -0.05) is 37.3 Å². The first-order valence-electron chi connectivity index (χ1n) is 7.79. The molecule has 0 saturated carbocycles. The second-order valence-corrected chi connectivity index (χ2v) is 5.60. The highest BCUT2D eigenvalue weighted by Crippen LogP contribution is 2.17. The third-order valence-corrected chi connectivity index (χ3v) is 3.80. The summed E-state index contributed by atoms with van der Waals surface area (Å²) >= 11 is 0. The SMILES string of the molecule is CC[C@H](C)NC(=O)c1ccccc1NC(=O)c1ccccc1C. The minimum Gasteiger partial charge on any atom is -0.350 e. The summed E-state index contributed by atoms with van der Waals surface area (Å²) in [5.41, 5.74) is 2.48. The van der Waals surface area contributed by atoms with Crippen LogP contribution in [0, 0.1) is 6.92 Å². The normalized spacial score (nSPS) is 11.6. The van der Waals surface area contributed by atoms with Crippen LogP contribution in [0.2, 0.25) is 0 Å². The molecule has 2 rings (SSSR count). The van der Waals surface area contributed by atoms with Crippen molar-refractivity contribution in [1.82, 2.24) is 5.32 Å². The standard InChI is InChI=1S/C19H22N2O2/c1-4-14(3)20-19(23)16-11-7-8-12-17(16)21-18(22)15-10-6-5-9-13(15)2/h5-12,14H,4H2,1-3H3,(H,20,23)(H,21,22)/t14-/m0/s1. The Morgan fingerprint density at radius 1 is 0.957 bits per heavy atom. The molecule has 2 aromatic rings. The minimum absolute atomic E-state index is 0.0858. The third-order valence-electron chi connectivity index (χ3n) is 3.80. The molecule has 0 bridgehead atoms. The van der Waals surface area contributed by atoms with Gasteiger partial charge in [0.1, 0.15) is 0 Å². The molecule has 0 spiro atoms. The molecule has 4 heteroatoms. The lowest BCUT2D eigenvalue weighted by atomic mass is 10.1. The van der Waals surface area contributed by atoms with Gasteiger partial charge in [0.15, 0.2) is 0 Å². The molecule has 0 heterocycles. The number of aryl methyl sites for hydroxylation is 1. The number of benzene rings is 2. The molecule has 0 radical (unpaired) electrons. The average molecular weight is 310 g/mol. The summed E-state index contributed by atoms with van der Waals surface area (Å²) < 4.78 is 0. The number of hydrogen-bond donors (Lipinski definition) is 2. The van der Waals surface area contributed by atoms with Crippen LogP contribution in [0.1, 0.15) is 46.5 Å². The highest BCUT2D eigenvalue weighted by Gasteiger charge is 2.15. The van der Waals surface area contributed by atoms with Crippen molar-refractivity contribution >= 4 is 17.5 Å². The zero-order valence-corrected chi connectivity index (χ0v) is 13.7. The Morgan fingerprint density at radius 3 is 2.22 bits per heavy atom. The van der Waals surface area contributed by atoms with Crippen molar-refractivity contribution in [3.63, 3.8) is 0 Å². The maximum Gasteiger partial charge on any atom is 0.255 e. The van der Waals surface area contributed by atoms with Crippen molar-refractivity contribution in [2.75, 3.05) is 5.32 Å². The number of nitrogens with one attached hydrogen (secondary N) is 2. The fraction of sp³-hybridized carbons (Fsp3) is 0.263. The summed E-state index contributed by atoms with van der Waals surface area (Å²) in [7, 11) is 0. The Balaban J connectivity index is 2.22. The molecule has 0 aliphatic heterocycles. The van der Waals surface area contributed by atoms with E-state index in [1.54, 1.807) is 30.3 Å². The zero-order chi connectivity index (χ0) is 16.8. The van der Waals surface area contributed by atoms with Gasteiger partial charge in [-0.25, -0.2) is 0 Å². The van der Waals surface area contributed by atoms with Gasteiger partial charge in [-0.05, 0) is 44.0 Å². The fourth-order valence-corrected chi connectivity index (χ4v) is 2.21. The van der Waals surface area contributed by atoms with Gasteiger partial charge in [-0.2, -0.15) is 0 Å². The summed E-state index contributed by atoms with van der Waals surface area (Å²) in [6.07, 6.45) is 0.851. The molecule has 0 saturated heterocycles. The van der Waals surface area contributed by atoms with Gasteiger partial charge in [-0.3, -0.25) is 9.59 Å². The van der Waals surface area contributed by atoms with Crippen LogP contribution in [0.4, 0.5) is 5.69 Å². The van der Waals surface area contributed by atoms with Crippen LogP contribution in [0.3, 0.4) is 0 Å². The van der Waals surface area contributed by atoms with Gasteiger partial charge in [-0.15, -0.1) is 0 Å². The first kappa shape index (κ1) is 16.7. The number of carbonyl (C=O) groups is 2. The smallest absolute Gasteiger partial charge is 0.255 e. The molecule has 0 aliphatic rings. The van der Waals surface area contributed by atoms with Crippen LogP contribution in [0.5, 0.6) is 0 Å². The van der Waals surface area contributed by atoms with Crippen LogP contribution < -0.4 is 10.6 Å². The van der Waals surface area contributed by atoms with Crippen LogP contribution in [0.15, 0.2) is 48.5 Å². The minimum atomic E-state index is -0.216. The predicted octanol–water partition coefficient (Wildman–Crippen LogP) is 3.78. The Bertz CT molecular complexity index is 710. The first-order chi connectivity index (χ1) is 11.0. The van der Waals surface area contributed by atoms with Crippen LogP contribution in [-0.4, -0.2) is 17.9 Å². The van der Waals surface area contributed by atoms with E-state index in [1.807, 2.05) is 39.0 Å². The van der Waals surface area contributed by atoms with Crippen molar-refractivity contribution in [1.29, 1.82) is 0 Å². The number of rotatable bonds is 5. The Hall–Kier alpha value is -2.62. The largest absolute Gasteiger partial charge is 0.350 e. The summed E-state index contributed by atoms with van der Waals surface area (Å²) in [5.74, 6) is -0.396. The molecular formula is C19H22N2O2. The molecule has 2 N–H and O–H groups in total. The lowest BCUT2D eigenvalue weighted by Gasteiger charge is -2.15. The van der Waals surface area contributed by atoms with Crippen LogP contribution >= 0.6 is 0 Å². The second kappa shape index (κ2) is 7.58. The van der Waals surface area contributed by atoms with E-state index in [-0.39, 0.29) is 17.9 Å². The van der Waals surface area contributed by atoms with Gasteiger partial charge in [0.05, 0.1) is 11.3 Å². The maximum absolute atomic E-state index is 12.4. The van der Waals surface area contributed by atoms with Gasteiger partial charge < -0.3 is 10.6 Å². The molecular weight excluding hydrogens is 288 g/mol. The second-order valence-electron chi connectivity index (χ2n) is 5.60. The molecule has 23 heavy (non-hydrogen) atoms. The highest BCUT2D eigenvalue weighted by molar-refractivity contribution is 6.09. The zero-order valence-electron chi connectivity index (χ0n) is 13.7. The van der Waals surface area contributed by atoms with Crippen LogP contribution in [-0.2, 0) is 0 Å². The van der Waals surface area contributed by atoms with Crippen molar-refractivity contribution in [3.8, 4) is 0 Å². The fourth-order valence-electron chi connectivity index (χ4n) is 2.21. The molecule has 0 aliphatic carbocycles. The van der Waals surface area contributed by atoms with Crippen molar-refractivity contribution in [3.05, 3.63) is 65.2 Å². The first-order valence-corrected chi connectivity index (χ1v) is 7.79. The van der Waals surface area contributed by atoms with E-state index in [0.717, 1.165) is 12.0 Å². The topological polar surface area (TPSA) is 58.2 Å². The monoisotopic (exact) mass is 310 g/mol. The molecule has 2 aromatic carbocycles. The van der Waals surface area contributed by atoms with Crippen molar-refractivity contribution in [2.24, 2.45) is 0 Å². The molecule has 4 nitrogen and oxygen atoms in total. The lowest BCUT2D eigenvalue weighted by molar-refractivity contribution is 0.0940. The molecule has 120 valence electrons. The summed E-state index contributed by atoms with van der Waals surface area (Å²) in [5, 5.41) is 5.76. The maximum atomic E-state index is 12.4. The van der Waals surface area contributed by atoms with E-state index in [9.17, 15) is 9.59 Å². The van der Waals surface area contributed by atoms with Crippen molar-refractivity contribution in [2.45, 2.75) is 33.2 Å². The van der Waals surface area contributed by atoms with Crippen molar-refractivity contribution < 1.29 is 9.59 Å². The molecule has 0 aromatic heterocycles. The number of hydrogen-bond acceptors (Lipinski definition) is 2. The summed E-state index contributed by atoms with van der Waals surface area (Å²) in [6.45, 7) is 5.85. The summed E-state index contributed by atoms with van der Waals surface area (Å²) in [6, 6.07) is 14.5.